The quantitative estimate of drug-likeness (QED) is 0.886. The lowest BCUT2D eigenvalue weighted by molar-refractivity contribution is 0.131. The van der Waals surface area contributed by atoms with Crippen molar-refractivity contribution < 1.29 is 4.74 Å². The van der Waals surface area contributed by atoms with Gasteiger partial charge in [-0.2, -0.15) is 0 Å². The molecule has 0 radical (unpaired) electrons. The van der Waals surface area contributed by atoms with Crippen molar-refractivity contribution in [2.24, 2.45) is 11.7 Å². The molecule has 1 fully saturated rings. The summed E-state index contributed by atoms with van der Waals surface area (Å²) in [4.78, 5) is 0. The molecule has 0 heterocycles. The Morgan fingerprint density at radius 3 is 2.60 bits per heavy atom. The SMILES string of the molecule is NCCC(Oc1cccc2ccccc12)C1CCCC1. The molecule has 1 saturated carbocycles. The minimum atomic E-state index is 0.272. The van der Waals surface area contributed by atoms with Crippen molar-refractivity contribution in [3.63, 3.8) is 0 Å². The minimum absolute atomic E-state index is 0.272. The van der Waals surface area contributed by atoms with E-state index in [1.54, 1.807) is 0 Å². The summed E-state index contributed by atoms with van der Waals surface area (Å²) in [6, 6.07) is 14.7. The smallest absolute Gasteiger partial charge is 0.127 e. The Balaban J connectivity index is 1.86. The maximum absolute atomic E-state index is 6.37. The van der Waals surface area contributed by atoms with Gasteiger partial charge >= 0.3 is 0 Å². The van der Waals surface area contributed by atoms with Crippen LogP contribution in [0.2, 0.25) is 0 Å². The van der Waals surface area contributed by atoms with E-state index >= 15 is 0 Å². The van der Waals surface area contributed by atoms with E-state index in [1.165, 1.54) is 36.5 Å². The van der Waals surface area contributed by atoms with Crippen LogP contribution in [0, 0.1) is 5.92 Å². The Morgan fingerprint density at radius 1 is 1.05 bits per heavy atom. The van der Waals surface area contributed by atoms with Crippen LogP contribution in [0.25, 0.3) is 10.8 Å². The summed E-state index contributed by atoms with van der Waals surface area (Å²) in [6.45, 7) is 0.700. The van der Waals surface area contributed by atoms with Crippen LogP contribution in [0.4, 0.5) is 0 Å². The molecule has 0 aromatic heterocycles. The Morgan fingerprint density at radius 2 is 1.80 bits per heavy atom. The molecule has 1 unspecified atom stereocenters. The first-order chi connectivity index (χ1) is 9.88. The third-order valence-electron chi connectivity index (χ3n) is 4.40. The third kappa shape index (κ3) is 2.80. The average Bonchev–Trinajstić information content (AvgIpc) is 3.01. The second-order valence-corrected chi connectivity index (χ2v) is 5.76. The number of fused-ring (bicyclic) bond motifs is 1. The molecule has 2 N–H and O–H groups in total. The zero-order valence-electron chi connectivity index (χ0n) is 11.9. The summed E-state index contributed by atoms with van der Waals surface area (Å²) in [7, 11) is 0. The summed E-state index contributed by atoms with van der Waals surface area (Å²) in [5.74, 6) is 1.69. The van der Waals surface area contributed by atoms with Gasteiger partial charge in [0.2, 0.25) is 0 Å². The van der Waals surface area contributed by atoms with Gasteiger partial charge in [-0.1, -0.05) is 49.2 Å². The predicted molar refractivity (Wildman–Crippen MR) is 84.0 cm³/mol. The van der Waals surface area contributed by atoms with Gasteiger partial charge in [-0.3, -0.25) is 0 Å². The van der Waals surface area contributed by atoms with Crippen LogP contribution in [0.15, 0.2) is 42.5 Å². The van der Waals surface area contributed by atoms with Gasteiger partial charge in [0.05, 0.1) is 0 Å². The van der Waals surface area contributed by atoms with E-state index in [-0.39, 0.29) is 6.10 Å². The molecule has 2 heteroatoms. The fraction of sp³-hybridized carbons (Fsp3) is 0.444. The highest BCUT2D eigenvalue weighted by Gasteiger charge is 2.26. The number of rotatable bonds is 5. The number of nitrogens with two attached hydrogens (primary N) is 1. The molecule has 0 amide bonds. The highest BCUT2D eigenvalue weighted by molar-refractivity contribution is 5.88. The van der Waals surface area contributed by atoms with E-state index in [2.05, 4.69) is 42.5 Å². The lowest BCUT2D eigenvalue weighted by Crippen LogP contribution is -2.28. The second-order valence-electron chi connectivity index (χ2n) is 5.76. The van der Waals surface area contributed by atoms with Crippen LogP contribution in [0.1, 0.15) is 32.1 Å². The van der Waals surface area contributed by atoms with Gasteiger partial charge in [-0.25, -0.2) is 0 Å². The van der Waals surface area contributed by atoms with E-state index in [1.807, 2.05) is 0 Å². The Hall–Kier alpha value is -1.54. The average molecular weight is 269 g/mol. The van der Waals surface area contributed by atoms with Gasteiger partial charge in [0, 0.05) is 5.39 Å². The van der Waals surface area contributed by atoms with Crippen molar-refractivity contribution in [2.75, 3.05) is 6.54 Å². The molecule has 0 bridgehead atoms. The Labute approximate surface area is 120 Å². The zero-order chi connectivity index (χ0) is 13.8. The molecule has 20 heavy (non-hydrogen) atoms. The second kappa shape index (κ2) is 6.27. The predicted octanol–water partition coefficient (Wildman–Crippen LogP) is 4.13. The molecule has 0 saturated heterocycles. The number of ether oxygens (including phenoxy) is 1. The first-order valence-corrected chi connectivity index (χ1v) is 7.73. The normalized spacial score (nSPS) is 17.4. The molecule has 2 nitrogen and oxygen atoms in total. The van der Waals surface area contributed by atoms with Crippen molar-refractivity contribution in [2.45, 2.75) is 38.2 Å². The lowest BCUT2D eigenvalue weighted by atomic mass is 9.98. The summed E-state index contributed by atoms with van der Waals surface area (Å²) in [5, 5.41) is 2.44. The zero-order valence-corrected chi connectivity index (χ0v) is 11.9. The van der Waals surface area contributed by atoms with Crippen molar-refractivity contribution in [3.05, 3.63) is 42.5 Å². The van der Waals surface area contributed by atoms with Crippen LogP contribution in [0.3, 0.4) is 0 Å². The van der Waals surface area contributed by atoms with Gasteiger partial charge in [0.15, 0.2) is 0 Å². The molecule has 1 aliphatic carbocycles. The Bertz CT molecular complexity index is 555. The summed E-state index contributed by atoms with van der Waals surface area (Å²) >= 11 is 0. The van der Waals surface area contributed by atoms with Gasteiger partial charge in [0.1, 0.15) is 11.9 Å². The van der Waals surface area contributed by atoms with Crippen molar-refractivity contribution >= 4 is 10.8 Å². The monoisotopic (exact) mass is 269 g/mol. The maximum atomic E-state index is 6.37. The van der Waals surface area contributed by atoms with Crippen LogP contribution in [-0.2, 0) is 0 Å². The first kappa shape index (κ1) is 13.4. The molecule has 3 rings (SSSR count). The largest absolute Gasteiger partial charge is 0.489 e. The van der Waals surface area contributed by atoms with Crippen molar-refractivity contribution in [3.8, 4) is 5.75 Å². The fourth-order valence-electron chi connectivity index (χ4n) is 3.35. The topological polar surface area (TPSA) is 35.2 Å². The van der Waals surface area contributed by atoms with Crippen LogP contribution >= 0.6 is 0 Å². The van der Waals surface area contributed by atoms with Crippen LogP contribution in [0.5, 0.6) is 5.75 Å². The van der Waals surface area contributed by atoms with E-state index in [4.69, 9.17) is 10.5 Å². The fourth-order valence-corrected chi connectivity index (χ4v) is 3.35. The molecule has 2 aromatic rings. The molecule has 2 aromatic carbocycles. The summed E-state index contributed by atoms with van der Waals surface area (Å²) in [6.07, 6.45) is 6.47. The highest BCUT2D eigenvalue weighted by atomic mass is 16.5. The van der Waals surface area contributed by atoms with Crippen molar-refractivity contribution in [1.82, 2.24) is 0 Å². The van der Waals surface area contributed by atoms with Gasteiger partial charge < -0.3 is 10.5 Å². The van der Waals surface area contributed by atoms with Crippen molar-refractivity contribution in [1.29, 1.82) is 0 Å². The molecular formula is C18H23NO. The summed E-state index contributed by atoms with van der Waals surface area (Å²) in [5.41, 5.74) is 5.78. The number of hydrogen-bond donors (Lipinski definition) is 1. The van der Waals surface area contributed by atoms with Gasteiger partial charge in [0.25, 0.3) is 0 Å². The van der Waals surface area contributed by atoms with Gasteiger partial charge in [-0.15, -0.1) is 0 Å². The van der Waals surface area contributed by atoms with Crippen LogP contribution < -0.4 is 10.5 Å². The van der Waals surface area contributed by atoms with Gasteiger partial charge in [-0.05, 0) is 43.2 Å². The number of benzene rings is 2. The van der Waals surface area contributed by atoms with E-state index in [0.717, 1.165) is 12.2 Å². The lowest BCUT2D eigenvalue weighted by Gasteiger charge is -2.25. The third-order valence-corrected chi connectivity index (χ3v) is 4.40. The van der Waals surface area contributed by atoms with E-state index < -0.39 is 0 Å². The highest BCUT2D eigenvalue weighted by Crippen LogP contribution is 2.33. The molecule has 106 valence electrons. The van der Waals surface area contributed by atoms with Crippen LogP contribution in [-0.4, -0.2) is 12.6 Å². The van der Waals surface area contributed by atoms with E-state index in [9.17, 15) is 0 Å². The molecule has 0 spiro atoms. The first-order valence-electron chi connectivity index (χ1n) is 7.73. The standard InChI is InChI=1S/C18H23NO/c19-13-12-17(15-7-1-2-8-15)20-18-11-5-9-14-6-3-4-10-16(14)18/h3-6,9-11,15,17H,1-2,7-8,12-13,19H2. The number of hydrogen-bond acceptors (Lipinski definition) is 2. The molecule has 1 aliphatic rings. The molecule has 1 atom stereocenters. The summed E-state index contributed by atoms with van der Waals surface area (Å²) < 4.78 is 6.37. The molecular weight excluding hydrogens is 246 g/mol. The maximum Gasteiger partial charge on any atom is 0.127 e. The van der Waals surface area contributed by atoms with E-state index in [0.29, 0.717) is 12.5 Å². The molecule has 0 aliphatic heterocycles. The Kier molecular flexibility index (Phi) is 4.22. The minimum Gasteiger partial charge on any atom is -0.489 e.